The van der Waals surface area contributed by atoms with Crippen LogP contribution in [-0.2, 0) is 58.8 Å². The van der Waals surface area contributed by atoms with E-state index in [-0.39, 0.29) is 63.7 Å². The molecule has 0 aromatic heterocycles. The average Bonchev–Trinajstić information content (AvgIpc) is 3.10. The van der Waals surface area contributed by atoms with Crippen molar-refractivity contribution in [3.05, 3.63) is 70.8 Å². The molecule has 3 heterocycles. The van der Waals surface area contributed by atoms with E-state index in [1.165, 1.54) is 43.9 Å². The molecule has 0 saturated carbocycles. The normalized spacial score (nSPS) is 17.2. The van der Waals surface area contributed by atoms with Crippen molar-refractivity contribution >= 4 is 51.8 Å². The molecule has 21 heteroatoms. The van der Waals surface area contributed by atoms with E-state index in [0.29, 0.717) is 11.1 Å². The molecular weight excluding hydrogens is 888 g/mol. The second-order valence-electron chi connectivity index (χ2n) is 16.6. The van der Waals surface area contributed by atoms with Gasteiger partial charge in [0.15, 0.2) is 11.1 Å². The Balaban J connectivity index is 0.000000270. The predicted octanol–water partition coefficient (Wildman–Crippen LogP) is 6.13. The van der Waals surface area contributed by atoms with Crippen LogP contribution in [-0.4, -0.2) is 122 Å². The first-order valence-electron chi connectivity index (χ1n) is 19.0. The van der Waals surface area contributed by atoms with Crippen molar-refractivity contribution in [1.29, 1.82) is 0 Å². The molecule has 1 spiro atoms. The highest BCUT2D eigenvalue weighted by Gasteiger charge is 2.60. The number of benzene rings is 2. The third kappa shape index (κ3) is 11.6. The largest absolute Gasteiger partial charge is 0.464 e. The van der Waals surface area contributed by atoms with Gasteiger partial charge in [-0.2, -0.15) is 26.3 Å². The summed E-state index contributed by atoms with van der Waals surface area (Å²) in [6.07, 6.45) is -10.2. The number of esters is 1. The number of carbonyl (C=O) groups is 6. The van der Waals surface area contributed by atoms with Gasteiger partial charge in [-0.25, -0.2) is 14.4 Å². The second kappa shape index (κ2) is 18.1. The highest BCUT2D eigenvalue weighted by molar-refractivity contribution is 9.09. The third-order valence-corrected chi connectivity index (χ3v) is 10.1. The van der Waals surface area contributed by atoms with E-state index in [9.17, 15) is 55.1 Å². The minimum Gasteiger partial charge on any atom is -0.464 e. The summed E-state index contributed by atoms with van der Waals surface area (Å²) < 4.78 is 92.6. The number of alkyl halides is 7. The number of carbonyl (C=O) groups excluding carboxylic acids is 6. The van der Waals surface area contributed by atoms with E-state index >= 15 is 0 Å². The Hall–Kier alpha value is -5.08. The molecule has 0 radical (unpaired) electrons. The smallest absolute Gasteiger partial charge is 0.416 e. The molecule has 2 aromatic carbocycles. The van der Waals surface area contributed by atoms with E-state index < -0.39 is 75.7 Å². The molecular formula is C40H48BrF6N5O9. The molecule has 3 aliphatic heterocycles. The van der Waals surface area contributed by atoms with E-state index in [1.807, 2.05) is 0 Å². The summed E-state index contributed by atoms with van der Waals surface area (Å²) >= 11 is 3.09. The van der Waals surface area contributed by atoms with Crippen LogP contribution in [0.1, 0.15) is 70.7 Å². The van der Waals surface area contributed by atoms with Gasteiger partial charge in [-0.3, -0.25) is 14.4 Å². The number of nitrogens with one attached hydrogen (secondary N) is 1. The van der Waals surface area contributed by atoms with Gasteiger partial charge in [0.1, 0.15) is 11.2 Å². The van der Waals surface area contributed by atoms with Gasteiger partial charge in [-0.1, -0.05) is 40.2 Å². The molecule has 3 saturated heterocycles. The maximum Gasteiger partial charge on any atom is 0.416 e. The number of piperazine rings is 1. The Labute approximate surface area is 356 Å². The Morgan fingerprint density at radius 2 is 1.18 bits per heavy atom. The van der Waals surface area contributed by atoms with Crippen LogP contribution in [0.5, 0.6) is 0 Å². The van der Waals surface area contributed by atoms with Crippen LogP contribution < -0.4 is 5.32 Å². The first-order valence-corrected chi connectivity index (χ1v) is 20.1. The topological polar surface area (TPSA) is 155 Å². The van der Waals surface area contributed by atoms with Gasteiger partial charge in [-0.15, -0.1) is 0 Å². The highest BCUT2D eigenvalue weighted by Crippen LogP contribution is 2.36. The van der Waals surface area contributed by atoms with Crippen molar-refractivity contribution in [1.82, 2.24) is 24.9 Å². The number of halogens is 7. The van der Waals surface area contributed by atoms with Crippen LogP contribution in [0.2, 0.25) is 0 Å². The molecule has 14 nitrogen and oxygen atoms in total. The van der Waals surface area contributed by atoms with E-state index in [0.717, 1.165) is 24.3 Å². The average molecular weight is 937 g/mol. The fourth-order valence-electron chi connectivity index (χ4n) is 6.60. The molecule has 336 valence electrons. The van der Waals surface area contributed by atoms with Crippen LogP contribution in [0, 0.1) is 0 Å². The molecule has 1 N–H and O–H groups in total. The van der Waals surface area contributed by atoms with Crippen LogP contribution in [0.4, 0.5) is 35.9 Å². The Kier molecular flexibility index (Phi) is 14.4. The molecule has 0 aliphatic carbocycles. The van der Waals surface area contributed by atoms with Gasteiger partial charge in [0.2, 0.25) is 17.7 Å². The summed E-state index contributed by atoms with van der Waals surface area (Å²) in [6.45, 7) is 11.2. The van der Waals surface area contributed by atoms with E-state index in [1.54, 1.807) is 48.5 Å². The number of ether oxygens (including phenoxy) is 3. The SMILES string of the molecule is CC(C)(C)OC(=O)N1CC2(C1)C(=O)NCC(=O)N2Cc1ccc(C(F)(F)F)cc1.CCOC(=O)C1(N(Cc2ccc(C(F)(F)F)cc2)C(=O)CBr)CN(C(=O)OC(C)(C)C)C1. The van der Waals surface area contributed by atoms with Crippen molar-refractivity contribution in [2.24, 2.45) is 0 Å². The molecule has 61 heavy (non-hydrogen) atoms. The Bertz CT molecular complexity index is 1950. The number of amides is 5. The number of hydrogen-bond acceptors (Lipinski definition) is 9. The van der Waals surface area contributed by atoms with Gasteiger partial charge in [0.05, 0.1) is 55.8 Å². The molecule has 3 aliphatic rings. The zero-order valence-corrected chi connectivity index (χ0v) is 36.2. The summed E-state index contributed by atoms with van der Waals surface area (Å²) in [4.78, 5) is 80.4. The van der Waals surface area contributed by atoms with Crippen LogP contribution in [0.15, 0.2) is 48.5 Å². The van der Waals surface area contributed by atoms with E-state index in [2.05, 4.69) is 21.2 Å². The molecule has 5 amide bonds. The standard InChI is InChI=1S/C21H26BrF3N2O5.C19H22F3N3O4/c1-5-31-17(29)20(12-26(13-20)18(30)32-19(2,3)4)27(16(28)10-22)11-14-6-8-15(9-7-14)21(23,24)25;1-17(2,3)29-16(28)24-10-18(11-24)15(27)23-8-14(26)25(18)9-12-4-6-13(7-5-12)19(20,21)22/h6-9H,5,10-13H2,1-4H3;4-7H,8-11H2,1-3H3,(H,23,27). The maximum atomic E-state index is 12.9. The second-order valence-corrected chi connectivity index (χ2v) is 17.2. The number of nitrogens with zero attached hydrogens (tertiary/aromatic N) is 4. The maximum absolute atomic E-state index is 12.9. The molecule has 0 bridgehead atoms. The van der Waals surface area contributed by atoms with Gasteiger partial charge < -0.3 is 39.1 Å². The summed E-state index contributed by atoms with van der Waals surface area (Å²) in [5.74, 6) is -1.93. The number of likely N-dealkylation sites (tertiary alicyclic amines) is 2. The number of rotatable bonds is 8. The van der Waals surface area contributed by atoms with Crippen LogP contribution in [0.25, 0.3) is 0 Å². The molecule has 3 fully saturated rings. The molecule has 2 aromatic rings. The Morgan fingerprint density at radius 1 is 0.738 bits per heavy atom. The highest BCUT2D eigenvalue weighted by atomic mass is 79.9. The summed E-state index contributed by atoms with van der Waals surface area (Å²) in [6, 6.07) is 8.75. The van der Waals surface area contributed by atoms with Crippen molar-refractivity contribution in [3.8, 4) is 0 Å². The minimum absolute atomic E-state index is 0.0352. The zero-order chi connectivity index (χ0) is 45.9. The number of hydrogen-bond donors (Lipinski definition) is 1. The first kappa shape index (κ1) is 48.6. The quantitative estimate of drug-likeness (QED) is 0.142. The monoisotopic (exact) mass is 935 g/mol. The minimum atomic E-state index is -4.49. The van der Waals surface area contributed by atoms with Crippen molar-refractivity contribution in [2.45, 2.75) is 96.2 Å². The van der Waals surface area contributed by atoms with Crippen molar-refractivity contribution < 1.29 is 69.3 Å². The summed E-state index contributed by atoms with van der Waals surface area (Å²) in [5, 5.41) is 2.40. The molecule has 5 rings (SSSR count). The lowest BCUT2D eigenvalue weighted by atomic mass is 9.84. The van der Waals surface area contributed by atoms with Gasteiger partial charge in [-0.05, 0) is 83.9 Å². The molecule has 0 unspecified atom stereocenters. The van der Waals surface area contributed by atoms with Crippen LogP contribution in [0.3, 0.4) is 0 Å². The lowest BCUT2D eigenvalue weighted by molar-refractivity contribution is -0.176. The van der Waals surface area contributed by atoms with Gasteiger partial charge in [0.25, 0.3) is 0 Å². The summed E-state index contributed by atoms with van der Waals surface area (Å²) in [5.41, 5.74) is -4.94. The first-order chi connectivity index (χ1) is 28.0. The zero-order valence-electron chi connectivity index (χ0n) is 34.6. The fraction of sp³-hybridized carbons (Fsp3) is 0.550. The van der Waals surface area contributed by atoms with Crippen molar-refractivity contribution in [2.75, 3.05) is 44.7 Å². The third-order valence-electron chi connectivity index (χ3n) is 9.59. The fourth-order valence-corrected chi connectivity index (χ4v) is 6.90. The van der Waals surface area contributed by atoms with E-state index in [4.69, 9.17) is 14.2 Å². The Morgan fingerprint density at radius 3 is 1.59 bits per heavy atom. The lowest BCUT2D eigenvalue weighted by Crippen LogP contribution is -2.80. The lowest BCUT2D eigenvalue weighted by Gasteiger charge is -2.55. The predicted molar refractivity (Wildman–Crippen MR) is 209 cm³/mol. The summed E-state index contributed by atoms with van der Waals surface area (Å²) in [7, 11) is 0. The van der Waals surface area contributed by atoms with Crippen molar-refractivity contribution in [3.63, 3.8) is 0 Å². The van der Waals surface area contributed by atoms with Gasteiger partial charge >= 0.3 is 30.5 Å². The molecule has 0 atom stereocenters. The van der Waals surface area contributed by atoms with Gasteiger partial charge in [0, 0.05) is 13.1 Å². The van der Waals surface area contributed by atoms with Crippen LogP contribution >= 0.6 is 15.9 Å².